The number of hydrogen-bond donors (Lipinski definition) is 2. The third kappa shape index (κ3) is 5.06. The van der Waals surface area contributed by atoms with Gasteiger partial charge in [0.05, 0.1) is 5.56 Å². The van der Waals surface area contributed by atoms with Crippen LogP contribution >= 0.6 is 0 Å². The highest BCUT2D eigenvalue weighted by Gasteiger charge is 2.08. The van der Waals surface area contributed by atoms with Gasteiger partial charge < -0.3 is 10.6 Å². The molecule has 0 saturated heterocycles. The van der Waals surface area contributed by atoms with Crippen LogP contribution in [0.5, 0.6) is 0 Å². The monoisotopic (exact) mass is 315 g/mol. The molecule has 1 atom stereocenters. The topological polar surface area (TPSA) is 54.0 Å². The molecule has 1 aromatic carbocycles. The number of halogens is 1. The Morgan fingerprint density at radius 1 is 1.26 bits per heavy atom. The summed E-state index contributed by atoms with van der Waals surface area (Å²) in [7, 11) is 0. The summed E-state index contributed by atoms with van der Waals surface area (Å²) in [6.07, 6.45) is 3.00. The Bertz CT molecular complexity index is 643. The lowest BCUT2D eigenvalue weighted by molar-refractivity contribution is 0.0939. The van der Waals surface area contributed by atoms with Crippen LogP contribution in [0.1, 0.15) is 36.2 Å². The summed E-state index contributed by atoms with van der Waals surface area (Å²) in [5, 5.41) is 6.02. The summed E-state index contributed by atoms with van der Waals surface area (Å²) in [6.45, 7) is 4.56. The number of aromatic nitrogens is 1. The van der Waals surface area contributed by atoms with Crippen molar-refractivity contribution in [3.05, 3.63) is 59.5 Å². The second kappa shape index (κ2) is 8.27. The number of pyridine rings is 1. The summed E-state index contributed by atoms with van der Waals surface area (Å²) < 4.78 is 13.5. The number of nitrogens with zero attached hydrogens (tertiary/aromatic N) is 1. The number of benzene rings is 1. The van der Waals surface area contributed by atoms with Crippen LogP contribution in [0.4, 0.5) is 10.2 Å². The van der Waals surface area contributed by atoms with Gasteiger partial charge in [-0.1, -0.05) is 25.1 Å². The van der Waals surface area contributed by atoms with Gasteiger partial charge in [0.25, 0.3) is 5.91 Å². The maximum atomic E-state index is 13.5. The van der Waals surface area contributed by atoms with Crippen LogP contribution in [0.2, 0.25) is 0 Å². The van der Waals surface area contributed by atoms with Crippen molar-refractivity contribution in [2.24, 2.45) is 0 Å². The largest absolute Gasteiger partial charge is 0.370 e. The quantitative estimate of drug-likeness (QED) is 0.823. The summed E-state index contributed by atoms with van der Waals surface area (Å²) >= 11 is 0. The van der Waals surface area contributed by atoms with Crippen LogP contribution in [-0.2, 0) is 6.42 Å². The molecule has 122 valence electrons. The third-order valence-corrected chi connectivity index (χ3v) is 3.67. The molecule has 2 N–H and O–H groups in total. The maximum absolute atomic E-state index is 13.5. The Labute approximate surface area is 136 Å². The lowest BCUT2D eigenvalue weighted by atomic mass is 10.1. The van der Waals surface area contributed by atoms with Crippen LogP contribution in [-0.4, -0.2) is 23.5 Å². The molecule has 4 nitrogen and oxygen atoms in total. The molecule has 1 amide bonds. The normalized spacial score (nSPS) is 11.8. The van der Waals surface area contributed by atoms with Crippen molar-refractivity contribution in [1.82, 2.24) is 10.3 Å². The zero-order chi connectivity index (χ0) is 16.7. The van der Waals surface area contributed by atoms with E-state index in [9.17, 15) is 9.18 Å². The molecule has 0 fully saturated rings. The van der Waals surface area contributed by atoms with Crippen molar-refractivity contribution >= 4 is 11.7 Å². The van der Waals surface area contributed by atoms with E-state index in [2.05, 4.69) is 15.6 Å². The van der Waals surface area contributed by atoms with Crippen molar-refractivity contribution in [3.63, 3.8) is 0 Å². The van der Waals surface area contributed by atoms with E-state index in [-0.39, 0.29) is 17.8 Å². The van der Waals surface area contributed by atoms with Crippen molar-refractivity contribution in [2.45, 2.75) is 32.7 Å². The number of nitrogens with one attached hydrogen (secondary N) is 2. The van der Waals surface area contributed by atoms with E-state index < -0.39 is 0 Å². The molecule has 1 unspecified atom stereocenters. The lowest BCUT2D eigenvalue weighted by Gasteiger charge is -2.11. The number of anilines is 1. The SMILES string of the molecule is CCC(C)NC(=O)c1ccc(NCCc2ccccc2F)nc1. The predicted molar refractivity (Wildman–Crippen MR) is 90.0 cm³/mol. The Hall–Kier alpha value is -2.43. The van der Waals surface area contributed by atoms with Crippen LogP contribution in [0.25, 0.3) is 0 Å². The highest BCUT2D eigenvalue weighted by Crippen LogP contribution is 2.09. The molecule has 0 aliphatic carbocycles. The highest BCUT2D eigenvalue weighted by atomic mass is 19.1. The lowest BCUT2D eigenvalue weighted by Crippen LogP contribution is -2.31. The fourth-order valence-electron chi connectivity index (χ4n) is 2.07. The van der Waals surface area contributed by atoms with E-state index in [1.807, 2.05) is 19.9 Å². The van der Waals surface area contributed by atoms with E-state index in [1.165, 1.54) is 6.07 Å². The standard InChI is InChI=1S/C18H22FN3O/c1-3-13(2)22-18(23)15-8-9-17(21-12-15)20-11-10-14-6-4-5-7-16(14)19/h4-9,12-13H,3,10-11H2,1-2H3,(H,20,21)(H,22,23). The van der Waals surface area contributed by atoms with Crippen molar-refractivity contribution in [2.75, 3.05) is 11.9 Å². The van der Waals surface area contributed by atoms with Gasteiger partial charge in [0.2, 0.25) is 0 Å². The van der Waals surface area contributed by atoms with Crippen molar-refractivity contribution in [3.8, 4) is 0 Å². The van der Waals surface area contributed by atoms with Gasteiger partial charge in [-0.2, -0.15) is 0 Å². The molecule has 5 heteroatoms. The Morgan fingerprint density at radius 3 is 2.70 bits per heavy atom. The van der Waals surface area contributed by atoms with Gasteiger partial charge in [-0.3, -0.25) is 4.79 Å². The first-order chi connectivity index (χ1) is 11.1. The zero-order valence-electron chi connectivity index (χ0n) is 13.5. The third-order valence-electron chi connectivity index (χ3n) is 3.67. The van der Waals surface area contributed by atoms with Gasteiger partial charge in [-0.15, -0.1) is 0 Å². The van der Waals surface area contributed by atoms with Gasteiger partial charge in [0.1, 0.15) is 11.6 Å². The van der Waals surface area contributed by atoms with Crippen LogP contribution in [0, 0.1) is 5.82 Å². The maximum Gasteiger partial charge on any atom is 0.253 e. The summed E-state index contributed by atoms with van der Waals surface area (Å²) in [6, 6.07) is 10.4. The second-order valence-electron chi connectivity index (χ2n) is 5.48. The van der Waals surface area contributed by atoms with Crippen LogP contribution in [0.3, 0.4) is 0 Å². The predicted octanol–water partition coefficient (Wildman–Crippen LogP) is 3.40. The average Bonchev–Trinajstić information content (AvgIpc) is 2.57. The van der Waals surface area contributed by atoms with Crippen LogP contribution in [0.15, 0.2) is 42.6 Å². The van der Waals surface area contributed by atoms with E-state index in [0.717, 1.165) is 6.42 Å². The van der Waals surface area contributed by atoms with E-state index >= 15 is 0 Å². The van der Waals surface area contributed by atoms with E-state index in [1.54, 1.807) is 30.5 Å². The molecule has 0 radical (unpaired) electrons. The number of rotatable bonds is 7. The van der Waals surface area contributed by atoms with Crippen molar-refractivity contribution < 1.29 is 9.18 Å². The molecule has 0 aliphatic heterocycles. The van der Waals surface area contributed by atoms with Gasteiger partial charge in [-0.05, 0) is 43.5 Å². The van der Waals surface area contributed by atoms with Gasteiger partial charge in [0.15, 0.2) is 0 Å². The molecule has 2 rings (SSSR count). The van der Waals surface area contributed by atoms with E-state index in [0.29, 0.717) is 29.9 Å². The molecule has 0 spiro atoms. The molecule has 0 saturated carbocycles. The first-order valence-electron chi connectivity index (χ1n) is 7.84. The molecular formula is C18H22FN3O. The Balaban J connectivity index is 1.85. The minimum Gasteiger partial charge on any atom is -0.370 e. The first-order valence-corrected chi connectivity index (χ1v) is 7.84. The fraction of sp³-hybridized carbons (Fsp3) is 0.333. The highest BCUT2D eigenvalue weighted by molar-refractivity contribution is 5.94. The minimum absolute atomic E-state index is 0.121. The molecule has 1 heterocycles. The summed E-state index contributed by atoms with van der Waals surface area (Å²) in [4.78, 5) is 16.2. The van der Waals surface area contributed by atoms with Gasteiger partial charge in [-0.25, -0.2) is 9.37 Å². The van der Waals surface area contributed by atoms with Gasteiger partial charge in [0, 0.05) is 18.8 Å². The zero-order valence-corrected chi connectivity index (χ0v) is 13.5. The number of amides is 1. The number of carbonyl (C=O) groups excluding carboxylic acids is 1. The molecular weight excluding hydrogens is 293 g/mol. The van der Waals surface area contributed by atoms with Gasteiger partial charge >= 0.3 is 0 Å². The molecule has 0 aliphatic rings. The van der Waals surface area contributed by atoms with Crippen molar-refractivity contribution in [1.29, 1.82) is 0 Å². The smallest absolute Gasteiger partial charge is 0.253 e. The summed E-state index contributed by atoms with van der Waals surface area (Å²) in [5.41, 5.74) is 1.20. The first kappa shape index (κ1) is 16.9. The minimum atomic E-state index is -0.195. The Kier molecular flexibility index (Phi) is 6.09. The fourth-order valence-corrected chi connectivity index (χ4v) is 2.07. The number of carbonyl (C=O) groups is 1. The molecule has 0 bridgehead atoms. The second-order valence-corrected chi connectivity index (χ2v) is 5.48. The number of hydrogen-bond acceptors (Lipinski definition) is 3. The van der Waals surface area contributed by atoms with E-state index in [4.69, 9.17) is 0 Å². The Morgan fingerprint density at radius 2 is 2.04 bits per heavy atom. The molecule has 1 aromatic heterocycles. The molecule has 2 aromatic rings. The molecule has 23 heavy (non-hydrogen) atoms. The van der Waals surface area contributed by atoms with Crippen LogP contribution < -0.4 is 10.6 Å². The summed E-state index contributed by atoms with van der Waals surface area (Å²) in [5.74, 6) is 0.352. The average molecular weight is 315 g/mol.